The summed E-state index contributed by atoms with van der Waals surface area (Å²) in [6, 6.07) is 0. The van der Waals surface area contributed by atoms with E-state index in [2.05, 4.69) is 18.6 Å². The van der Waals surface area contributed by atoms with Crippen LogP contribution in [0.3, 0.4) is 0 Å². The van der Waals surface area contributed by atoms with Gasteiger partial charge in [-0.15, -0.1) is 0 Å². The maximum absolute atomic E-state index is 12.3. The highest BCUT2D eigenvalue weighted by molar-refractivity contribution is 5.61. The molecule has 0 saturated heterocycles. The molecule has 6 heteroatoms. The van der Waals surface area contributed by atoms with Crippen LogP contribution in [-0.2, 0) is 18.9 Å². The van der Waals surface area contributed by atoms with E-state index < -0.39 is 23.5 Å². The molecular formula is C22H40O6. The predicted molar refractivity (Wildman–Crippen MR) is 108 cm³/mol. The molecule has 0 heterocycles. The predicted octanol–water partition coefficient (Wildman–Crippen LogP) is 6.11. The number of rotatable bonds is 8. The molecule has 6 nitrogen and oxygen atoms in total. The van der Waals surface area contributed by atoms with Gasteiger partial charge in [0.05, 0.1) is 7.11 Å². The number of ether oxygens (including phenoxy) is 4. The van der Waals surface area contributed by atoms with Crippen molar-refractivity contribution in [2.45, 2.75) is 104 Å². The van der Waals surface area contributed by atoms with Gasteiger partial charge in [-0.05, 0) is 90.9 Å². The molecule has 28 heavy (non-hydrogen) atoms. The summed E-state index contributed by atoms with van der Waals surface area (Å²) in [5, 5.41) is 0. The van der Waals surface area contributed by atoms with Gasteiger partial charge in [-0.2, -0.15) is 0 Å². The van der Waals surface area contributed by atoms with Crippen molar-refractivity contribution >= 4 is 12.3 Å². The van der Waals surface area contributed by atoms with Gasteiger partial charge in [0, 0.05) is 0 Å². The van der Waals surface area contributed by atoms with Gasteiger partial charge >= 0.3 is 12.3 Å². The first-order chi connectivity index (χ1) is 12.8. The molecule has 1 rings (SSSR count). The van der Waals surface area contributed by atoms with Crippen molar-refractivity contribution in [3.63, 3.8) is 0 Å². The third-order valence-corrected chi connectivity index (χ3v) is 5.92. The van der Waals surface area contributed by atoms with Gasteiger partial charge in [-0.3, -0.25) is 0 Å². The summed E-state index contributed by atoms with van der Waals surface area (Å²) in [6.45, 7) is 13.8. The molecule has 0 spiro atoms. The van der Waals surface area contributed by atoms with Crippen molar-refractivity contribution in [1.29, 1.82) is 0 Å². The Morgan fingerprint density at radius 2 is 1.25 bits per heavy atom. The Morgan fingerprint density at radius 1 is 0.821 bits per heavy atom. The topological polar surface area (TPSA) is 71.1 Å². The molecule has 0 aliphatic heterocycles. The van der Waals surface area contributed by atoms with Crippen LogP contribution < -0.4 is 0 Å². The van der Waals surface area contributed by atoms with Crippen LogP contribution in [-0.4, -0.2) is 36.7 Å². The van der Waals surface area contributed by atoms with Crippen molar-refractivity contribution in [3.05, 3.63) is 0 Å². The van der Waals surface area contributed by atoms with E-state index in [1.165, 1.54) is 20.0 Å². The van der Waals surface area contributed by atoms with Gasteiger partial charge < -0.3 is 18.9 Å². The van der Waals surface area contributed by atoms with E-state index in [1.807, 2.05) is 20.8 Å². The maximum atomic E-state index is 12.3. The minimum Gasteiger partial charge on any atom is -0.438 e. The van der Waals surface area contributed by atoms with Crippen molar-refractivity contribution in [2.75, 3.05) is 7.11 Å². The van der Waals surface area contributed by atoms with Crippen LogP contribution in [0.25, 0.3) is 0 Å². The van der Waals surface area contributed by atoms with Crippen LogP contribution in [0.15, 0.2) is 0 Å². The van der Waals surface area contributed by atoms with Gasteiger partial charge in [0.1, 0.15) is 17.3 Å². The molecule has 0 aromatic rings. The molecule has 0 aromatic carbocycles. The highest BCUT2D eigenvalue weighted by Gasteiger charge is 2.33. The molecule has 1 atom stereocenters. The molecule has 1 saturated carbocycles. The summed E-state index contributed by atoms with van der Waals surface area (Å²) in [5.41, 5.74) is -1.43. The lowest BCUT2D eigenvalue weighted by atomic mass is 9.75. The fourth-order valence-electron chi connectivity index (χ4n) is 3.75. The molecule has 0 aromatic heterocycles. The zero-order valence-corrected chi connectivity index (χ0v) is 19.0. The van der Waals surface area contributed by atoms with E-state index in [1.54, 1.807) is 13.8 Å². The Morgan fingerprint density at radius 3 is 1.68 bits per heavy atom. The molecule has 0 N–H and O–H groups in total. The van der Waals surface area contributed by atoms with E-state index in [0.717, 1.165) is 24.7 Å². The zero-order valence-electron chi connectivity index (χ0n) is 19.0. The largest absolute Gasteiger partial charge is 0.509 e. The second kappa shape index (κ2) is 10.4. The number of methoxy groups -OCH3 is 1. The quantitative estimate of drug-likeness (QED) is 0.458. The third kappa shape index (κ3) is 8.70. The first-order valence-corrected chi connectivity index (χ1v) is 10.5. The standard InChI is InChI=1S/C22H40O6/c1-15(2)17-9-11-18(12-10-17)16(3)26-20(24)28-22(6,7)14-13-21(4,5)27-19(23)25-8/h15-18H,9-14H2,1-8H3. The van der Waals surface area contributed by atoms with Crippen molar-refractivity contribution in [3.8, 4) is 0 Å². The van der Waals surface area contributed by atoms with Crippen molar-refractivity contribution in [1.82, 2.24) is 0 Å². The van der Waals surface area contributed by atoms with E-state index in [0.29, 0.717) is 18.8 Å². The summed E-state index contributed by atoms with van der Waals surface area (Å²) >= 11 is 0. The monoisotopic (exact) mass is 400 g/mol. The summed E-state index contributed by atoms with van der Waals surface area (Å²) in [6.07, 6.45) is 4.16. The van der Waals surface area contributed by atoms with E-state index in [9.17, 15) is 9.59 Å². The summed E-state index contributed by atoms with van der Waals surface area (Å²) < 4.78 is 20.9. The number of carbonyl (C=O) groups is 2. The molecule has 164 valence electrons. The minimum absolute atomic E-state index is 0.143. The number of hydrogen-bond donors (Lipinski definition) is 0. The minimum atomic E-state index is -0.719. The van der Waals surface area contributed by atoms with Gasteiger partial charge in [-0.25, -0.2) is 9.59 Å². The van der Waals surface area contributed by atoms with Crippen LogP contribution in [0.5, 0.6) is 0 Å². The van der Waals surface area contributed by atoms with E-state index >= 15 is 0 Å². The molecule has 0 radical (unpaired) electrons. The average molecular weight is 401 g/mol. The SMILES string of the molecule is COC(=O)OC(C)(C)CCC(C)(C)OC(=O)OC(C)C1CCC(C(C)C)CC1. The lowest BCUT2D eigenvalue weighted by molar-refractivity contribution is -0.0629. The normalized spacial score (nSPS) is 21.8. The Labute approximate surface area is 170 Å². The van der Waals surface area contributed by atoms with Gasteiger partial charge in [0.15, 0.2) is 0 Å². The molecule has 1 aliphatic carbocycles. The first-order valence-electron chi connectivity index (χ1n) is 10.5. The smallest absolute Gasteiger partial charge is 0.438 e. The van der Waals surface area contributed by atoms with Crippen LogP contribution in [0.2, 0.25) is 0 Å². The first kappa shape index (κ1) is 24.6. The molecule has 0 bridgehead atoms. The van der Waals surface area contributed by atoms with Crippen LogP contribution in [0.1, 0.15) is 87.0 Å². The van der Waals surface area contributed by atoms with Gasteiger partial charge in [0.2, 0.25) is 0 Å². The molecule has 1 fully saturated rings. The van der Waals surface area contributed by atoms with E-state index in [-0.39, 0.29) is 6.10 Å². The van der Waals surface area contributed by atoms with Crippen LogP contribution in [0.4, 0.5) is 9.59 Å². The van der Waals surface area contributed by atoms with Gasteiger partial charge in [-0.1, -0.05) is 13.8 Å². The second-order valence-corrected chi connectivity index (χ2v) is 9.67. The molecular weight excluding hydrogens is 360 g/mol. The Kier molecular flexibility index (Phi) is 9.09. The zero-order chi connectivity index (χ0) is 21.5. The Bertz CT molecular complexity index is 503. The molecule has 1 unspecified atom stereocenters. The van der Waals surface area contributed by atoms with E-state index in [4.69, 9.17) is 14.2 Å². The lowest BCUT2D eigenvalue weighted by Crippen LogP contribution is -2.36. The lowest BCUT2D eigenvalue weighted by Gasteiger charge is -2.34. The highest BCUT2D eigenvalue weighted by atomic mass is 16.7. The Hall–Kier alpha value is -1.46. The van der Waals surface area contributed by atoms with Crippen LogP contribution >= 0.6 is 0 Å². The summed E-state index contributed by atoms with van der Waals surface area (Å²) in [7, 11) is 1.28. The highest BCUT2D eigenvalue weighted by Crippen LogP contribution is 2.35. The van der Waals surface area contributed by atoms with Gasteiger partial charge in [0.25, 0.3) is 0 Å². The fourth-order valence-corrected chi connectivity index (χ4v) is 3.75. The summed E-state index contributed by atoms with van der Waals surface area (Å²) in [5.74, 6) is 1.90. The van der Waals surface area contributed by atoms with Crippen LogP contribution in [0, 0.1) is 17.8 Å². The molecule has 0 amide bonds. The maximum Gasteiger partial charge on any atom is 0.509 e. The third-order valence-electron chi connectivity index (χ3n) is 5.92. The van der Waals surface area contributed by atoms with Crippen molar-refractivity contribution < 1.29 is 28.5 Å². The summed E-state index contributed by atoms with van der Waals surface area (Å²) in [4.78, 5) is 23.6. The number of hydrogen-bond acceptors (Lipinski definition) is 6. The Balaban J connectivity index is 2.43. The number of carbonyl (C=O) groups excluding carboxylic acids is 2. The molecule has 1 aliphatic rings. The fraction of sp³-hybridized carbons (Fsp3) is 0.909. The second-order valence-electron chi connectivity index (χ2n) is 9.67. The van der Waals surface area contributed by atoms with Crippen molar-refractivity contribution in [2.24, 2.45) is 17.8 Å². The average Bonchev–Trinajstić information content (AvgIpc) is 2.59.